The minimum absolute atomic E-state index is 0.144. The Morgan fingerprint density at radius 2 is 1.87 bits per heavy atom. The van der Waals surface area contributed by atoms with Crippen molar-refractivity contribution in [2.75, 3.05) is 23.3 Å². The molecule has 6 heteroatoms. The maximum atomic E-state index is 9.63. The van der Waals surface area contributed by atoms with E-state index in [1.807, 2.05) is 6.07 Å². The van der Waals surface area contributed by atoms with Crippen molar-refractivity contribution >= 4 is 29.1 Å². The molecule has 5 nitrogen and oxygen atoms in total. The predicted octanol–water partition coefficient (Wildman–Crippen LogP) is 4.38. The van der Waals surface area contributed by atoms with Crippen LogP contribution in [-0.4, -0.2) is 28.2 Å². The zero-order chi connectivity index (χ0) is 16.8. The van der Waals surface area contributed by atoms with E-state index in [0.717, 1.165) is 37.4 Å². The molecule has 0 bridgehead atoms. The Morgan fingerprint density at radius 3 is 2.52 bits per heavy atom. The third-order valence-corrected chi connectivity index (χ3v) is 3.89. The molecule has 2 N–H and O–H groups in total. The first kappa shape index (κ1) is 17.3. The quantitative estimate of drug-likeness (QED) is 0.787. The third-order valence-electron chi connectivity index (χ3n) is 3.56. The molecule has 124 valence electrons. The SMILES string of the molecule is CCCc1cc(N(CC)CC)nc(Nc2cc(O)ccc2Cl)n1. The molecule has 0 amide bonds. The second-order valence-corrected chi connectivity index (χ2v) is 5.66. The Labute approximate surface area is 142 Å². The molecule has 1 aromatic carbocycles. The molecule has 0 unspecified atom stereocenters. The van der Waals surface area contributed by atoms with E-state index in [0.29, 0.717) is 16.7 Å². The first-order chi connectivity index (χ1) is 11.1. The Bertz CT molecular complexity index is 659. The zero-order valence-electron chi connectivity index (χ0n) is 13.8. The maximum absolute atomic E-state index is 9.63. The highest BCUT2D eigenvalue weighted by Gasteiger charge is 2.11. The van der Waals surface area contributed by atoms with Gasteiger partial charge in [0.05, 0.1) is 10.7 Å². The van der Waals surface area contributed by atoms with Gasteiger partial charge >= 0.3 is 0 Å². The molecule has 1 aromatic heterocycles. The van der Waals surface area contributed by atoms with Gasteiger partial charge in [0.2, 0.25) is 5.95 Å². The molecule has 0 saturated heterocycles. The Hall–Kier alpha value is -2.01. The zero-order valence-corrected chi connectivity index (χ0v) is 14.6. The summed E-state index contributed by atoms with van der Waals surface area (Å²) < 4.78 is 0. The van der Waals surface area contributed by atoms with Crippen LogP contribution in [0.15, 0.2) is 24.3 Å². The minimum Gasteiger partial charge on any atom is -0.508 e. The first-order valence-electron chi connectivity index (χ1n) is 7.95. The van der Waals surface area contributed by atoms with Gasteiger partial charge in [-0.3, -0.25) is 0 Å². The van der Waals surface area contributed by atoms with Crippen LogP contribution in [0.1, 0.15) is 32.9 Å². The van der Waals surface area contributed by atoms with E-state index >= 15 is 0 Å². The molecule has 0 radical (unpaired) electrons. The maximum Gasteiger partial charge on any atom is 0.229 e. The number of aromatic nitrogens is 2. The summed E-state index contributed by atoms with van der Waals surface area (Å²) in [5, 5.41) is 13.3. The molecule has 0 aliphatic carbocycles. The number of aryl methyl sites for hydroxylation is 1. The summed E-state index contributed by atoms with van der Waals surface area (Å²) in [5.74, 6) is 1.53. The lowest BCUT2D eigenvalue weighted by molar-refractivity contribution is 0.475. The Kier molecular flexibility index (Phi) is 6.04. The molecule has 23 heavy (non-hydrogen) atoms. The molecule has 0 aliphatic heterocycles. The van der Waals surface area contributed by atoms with Crippen molar-refractivity contribution in [2.24, 2.45) is 0 Å². The summed E-state index contributed by atoms with van der Waals surface area (Å²) >= 11 is 6.16. The van der Waals surface area contributed by atoms with E-state index in [9.17, 15) is 5.11 Å². The van der Waals surface area contributed by atoms with Crippen LogP contribution in [0.5, 0.6) is 5.75 Å². The van der Waals surface area contributed by atoms with Crippen LogP contribution in [0.2, 0.25) is 5.02 Å². The van der Waals surface area contributed by atoms with Crippen LogP contribution in [0.4, 0.5) is 17.5 Å². The van der Waals surface area contributed by atoms with Gasteiger partial charge in [-0.25, -0.2) is 4.98 Å². The summed E-state index contributed by atoms with van der Waals surface area (Å²) in [5.41, 5.74) is 1.58. The topological polar surface area (TPSA) is 61.3 Å². The highest BCUT2D eigenvalue weighted by atomic mass is 35.5. The fourth-order valence-electron chi connectivity index (χ4n) is 2.36. The summed E-state index contributed by atoms with van der Waals surface area (Å²) in [6, 6.07) is 6.78. The monoisotopic (exact) mass is 334 g/mol. The van der Waals surface area contributed by atoms with E-state index < -0.39 is 0 Å². The standard InChI is InChI=1S/C17H23ClN4O/c1-4-7-12-10-16(22(5-2)6-3)21-17(19-12)20-15-11-13(23)8-9-14(15)18/h8-11,23H,4-7H2,1-3H3,(H,19,20,21). The molecule has 2 aromatic rings. The van der Waals surface area contributed by atoms with Gasteiger partial charge in [0.25, 0.3) is 0 Å². The lowest BCUT2D eigenvalue weighted by Crippen LogP contribution is -2.23. The van der Waals surface area contributed by atoms with Gasteiger partial charge in [-0.05, 0) is 32.4 Å². The number of hydrogen-bond acceptors (Lipinski definition) is 5. The summed E-state index contributed by atoms with van der Waals surface area (Å²) in [6.07, 6.45) is 1.90. The first-order valence-corrected chi connectivity index (χ1v) is 8.33. The van der Waals surface area contributed by atoms with Gasteiger partial charge in [-0.1, -0.05) is 24.9 Å². The Morgan fingerprint density at radius 1 is 1.13 bits per heavy atom. The number of nitrogens with one attached hydrogen (secondary N) is 1. The van der Waals surface area contributed by atoms with Crippen LogP contribution in [0, 0.1) is 0 Å². The lowest BCUT2D eigenvalue weighted by Gasteiger charge is -2.21. The molecule has 0 saturated carbocycles. The fraction of sp³-hybridized carbons (Fsp3) is 0.412. The number of hydrogen-bond donors (Lipinski definition) is 2. The number of anilines is 3. The summed E-state index contributed by atoms with van der Waals surface area (Å²) in [6.45, 7) is 8.09. The van der Waals surface area contributed by atoms with Crippen molar-refractivity contribution in [3.8, 4) is 5.75 Å². The molecule has 2 rings (SSSR count). The molecule has 0 fully saturated rings. The smallest absolute Gasteiger partial charge is 0.229 e. The van der Waals surface area contributed by atoms with Gasteiger partial charge in [-0.15, -0.1) is 0 Å². The predicted molar refractivity (Wildman–Crippen MR) is 96.0 cm³/mol. The normalized spacial score (nSPS) is 10.6. The van der Waals surface area contributed by atoms with Crippen LogP contribution >= 0.6 is 11.6 Å². The summed E-state index contributed by atoms with van der Waals surface area (Å²) in [7, 11) is 0. The van der Waals surface area contributed by atoms with Crippen LogP contribution in [0.3, 0.4) is 0 Å². The van der Waals surface area contributed by atoms with Gasteiger partial charge in [0.1, 0.15) is 11.6 Å². The van der Waals surface area contributed by atoms with Crippen molar-refractivity contribution in [1.82, 2.24) is 9.97 Å². The number of phenolic OH excluding ortho intramolecular Hbond substituents is 1. The van der Waals surface area contributed by atoms with E-state index in [4.69, 9.17) is 11.6 Å². The molecule has 0 aliphatic rings. The molecule has 0 spiro atoms. The van der Waals surface area contributed by atoms with E-state index in [2.05, 4.69) is 41.0 Å². The average molecular weight is 335 g/mol. The van der Waals surface area contributed by atoms with Gasteiger partial charge in [0, 0.05) is 30.9 Å². The van der Waals surface area contributed by atoms with Crippen LogP contribution in [0.25, 0.3) is 0 Å². The molecular weight excluding hydrogens is 312 g/mol. The second kappa shape index (κ2) is 8.02. The number of rotatable bonds is 7. The van der Waals surface area contributed by atoms with E-state index in [-0.39, 0.29) is 5.75 Å². The van der Waals surface area contributed by atoms with Crippen LogP contribution in [-0.2, 0) is 6.42 Å². The van der Waals surface area contributed by atoms with Gasteiger partial charge < -0.3 is 15.3 Å². The van der Waals surface area contributed by atoms with Gasteiger partial charge in [-0.2, -0.15) is 4.98 Å². The number of benzene rings is 1. The van der Waals surface area contributed by atoms with Crippen LogP contribution < -0.4 is 10.2 Å². The summed E-state index contributed by atoms with van der Waals surface area (Å²) in [4.78, 5) is 11.3. The molecule has 1 heterocycles. The number of aromatic hydroxyl groups is 1. The largest absolute Gasteiger partial charge is 0.508 e. The highest BCUT2D eigenvalue weighted by molar-refractivity contribution is 6.33. The Balaban J connectivity index is 2.38. The number of nitrogens with zero attached hydrogens (tertiary/aromatic N) is 3. The second-order valence-electron chi connectivity index (χ2n) is 5.25. The lowest BCUT2D eigenvalue weighted by atomic mass is 10.2. The third kappa shape index (κ3) is 4.48. The van der Waals surface area contributed by atoms with Crippen molar-refractivity contribution < 1.29 is 5.11 Å². The van der Waals surface area contributed by atoms with Crippen molar-refractivity contribution in [1.29, 1.82) is 0 Å². The highest BCUT2D eigenvalue weighted by Crippen LogP contribution is 2.28. The van der Waals surface area contributed by atoms with Crippen molar-refractivity contribution in [3.05, 3.63) is 35.0 Å². The van der Waals surface area contributed by atoms with Crippen molar-refractivity contribution in [2.45, 2.75) is 33.6 Å². The fourth-order valence-corrected chi connectivity index (χ4v) is 2.53. The minimum atomic E-state index is 0.144. The van der Waals surface area contributed by atoms with E-state index in [1.54, 1.807) is 18.2 Å². The van der Waals surface area contributed by atoms with Gasteiger partial charge in [0.15, 0.2) is 0 Å². The average Bonchev–Trinajstić information content (AvgIpc) is 2.52. The number of phenols is 1. The van der Waals surface area contributed by atoms with E-state index in [1.165, 1.54) is 0 Å². The number of halogens is 1. The van der Waals surface area contributed by atoms with Crippen molar-refractivity contribution in [3.63, 3.8) is 0 Å². The molecule has 0 atom stereocenters. The molecular formula is C17H23ClN4O.